The number of carboxylic acids is 1. The second-order valence-electron chi connectivity index (χ2n) is 9.43. The average Bonchev–Trinajstić information content (AvgIpc) is 3.22. The smallest absolute Gasteiger partial charge is 0.335 e. The van der Waals surface area contributed by atoms with E-state index in [-0.39, 0.29) is 12.0 Å². The monoisotopic (exact) mass is 412 g/mol. The van der Waals surface area contributed by atoms with Gasteiger partial charge in [0.2, 0.25) is 0 Å². The number of aliphatic hydroxyl groups is 2. The van der Waals surface area contributed by atoms with Crippen molar-refractivity contribution in [2.45, 2.75) is 76.9 Å². The van der Waals surface area contributed by atoms with Gasteiger partial charge < -0.3 is 15.3 Å². The molecule has 164 valence electrons. The summed E-state index contributed by atoms with van der Waals surface area (Å²) in [4.78, 5) is 11.4. The highest BCUT2D eigenvalue weighted by molar-refractivity contribution is 5.89. The van der Waals surface area contributed by atoms with E-state index in [0.29, 0.717) is 23.8 Å². The summed E-state index contributed by atoms with van der Waals surface area (Å²) in [6.07, 6.45) is 13.1. The zero-order valence-electron chi connectivity index (χ0n) is 18.3. The van der Waals surface area contributed by atoms with E-state index < -0.39 is 11.6 Å². The third kappa shape index (κ3) is 5.61. The fourth-order valence-corrected chi connectivity index (χ4v) is 5.17. The Balaban J connectivity index is 1.56. The Morgan fingerprint density at radius 1 is 1.27 bits per heavy atom. The Bertz CT molecular complexity index is 792. The van der Waals surface area contributed by atoms with Crippen molar-refractivity contribution in [2.24, 2.45) is 17.8 Å². The lowest BCUT2D eigenvalue weighted by Gasteiger charge is -2.22. The summed E-state index contributed by atoms with van der Waals surface area (Å²) in [5.41, 5.74) is 1.98. The first-order valence-electron chi connectivity index (χ1n) is 11.4. The molecular weight excluding hydrogens is 376 g/mol. The fourth-order valence-electron chi connectivity index (χ4n) is 5.17. The van der Waals surface area contributed by atoms with Crippen LogP contribution >= 0.6 is 0 Å². The summed E-state index contributed by atoms with van der Waals surface area (Å²) >= 11 is 0. The van der Waals surface area contributed by atoms with Crippen molar-refractivity contribution >= 4 is 5.97 Å². The van der Waals surface area contributed by atoms with Crippen LogP contribution in [-0.2, 0) is 6.42 Å². The van der Waals surface area contributed by atoms with Gasteiger partial charge in [-0.15, -0.1) is 0 Å². The van der Waals surface area contributed by atoms with Crippen LogP contribution in [0.2, 0.25) is 0 Å². The van der Waals surface area contributed by atoms with Crippen LogP contribution in [0, 0.1) is 17.8 Å². The van der Waals surface area contributed by atoms with Crippen LogP contribution in [0.1, 0.15) is 74.7 Å². The molecule has 0 radical (unpaired) electrons. The molecule has 30 heavy (non-hydrogen) atoms. The van der Waals surface area contributed by atoms with Gasteiger partial charge in [-0.05, 0) is 68.9 Å². The van der Waals surface area contributed by atoms with E-state index in [0.717, 1.165) is 50.5 Å². The maximum atomic E-state index is 11.4. The van der Waals surface area contributed by atoms with E-state index in [1.807, 2.05) is 19.1 Å². The highest BCUT2D eigenvalue weighted by Crippen LogP contribution is 2.48. The number of aromatic carboxylic acids is 1. The number of aliphatic hydroxyl groups excluding tert-OH is 1. The molecule has 2 aliphatic carbocycles. The van der Waals surface area contributed by atoms with Gasteiger partial charge in [0.25, 0.3) is 0 Å². The molecule has 3 N–H and O–H groups in total. The molecule has 4 nitrogen and oxygen atoms in total. The molecule has 1 aromatic rings. The number of benzene rings is 1. The molecule has 0 heterocycles. The summed E-state index contributed by atoms with van der Waals surface area (Å²) < 4.78 is 0. The number of carbonyl (C=O) groups is 1. The minimum Gasteiger partial charge on any atom is -0.478 e. The molecule has 0 aromatic heterocycles. The number of hydrogen-bond acceptors (Lipinski definition) is 3. The molecule has 0 unspecified atom stereocenters. The third-order valence-corrected chi connectivity index (χ3v) is 6.90. The normalized spacial score (nSPS) is 27.8. The minimum absolute atomic E-state index is 0.136. The van der Waals surface area contributed by atoms with Gasteiger partial charge in [0, 0.05) is 5.92 Å². The van der Waals surface area contributed by atoms with Gasteiger partial charge in [0.05, 0.1) is 17.3 Å². The standard InChI is InChI=1S/C26H36O4/c1-3-4-13-26(2,30)14-7-10-22-23-16-18(15-20(23)17-24(22)27)11-12-19-8-5-6-9-21(19)25(28)29/h5-10,15,20,22-24,27,30H,3-4,11-14,16-17H2,1-2H3,(H,28,29)/b10-7+/t20-,22-,23+,24+,26-/m0/s1. The van der Waals surface area contributed by atoms with Crippen molar-refractivity contribution in [1.29, 1.82) is 0 Å². The number of fused-ring (bicyclic) bond motifs is 1. The van der Waals surface area contributed by atoms with Crippen LogP contribution in [0.5, 0.6) is 0 Å². The van der Waals surface area contributed by atoms with Crippen LogP contribution in [-0.4, -0.2) is 33.0 Å². The van der Waals surface area contributed by atoms with Gasteiger partial charge in [0.15, 0.2) is 0 Å². The SMILES string of the molecule is CCCC[C@](C)(O)C/C=C/[C@H]1[C@@H]2CC(CCc3ccccc3C(=O)O)=C[C@H]2C[C@H]1O. The van der Waals surface area contributed by atoms with Gasteiger partial charge in [-0.1, -0.05) is 61.8 Å². The summed E-state index contributed by atoms with van der Waals surface area (Å²) in [7, 11) is 0. The quantitative estimate of drug-likeness (QED) is 0.465. The Kier molecular flexibility index (Phi) is 7.54. The minimum atomic E-state index is -0.869. The first-order chi connectivity index (χ1) is 14.3. The van der Waals surface area contributed by atoms with Crippen LogP contribution in [0.15, 0.2) is 48.1 Å². The van der Waals surface area contributed by atoms with Crippen molar-refractivity contribution in [2.75, 3.05) is 0 Å². The van der Waals surface area contributed by atoms with E-state index in [9.17, 15) is 20.1 Å². The molecule has 3 rings (SSSR count). The zero-order valence-corrected chi connectivity index (χ0v) is 18.3. The van der Waals surface area contributed by atoms with Crippen molar-refractivity contribution in [3.05, 3.63) is 59.2 Å². The summed E-state index contributed by atoms with van der Waals surface area (Å²) in [5.74, 6) is 0.0876. The average molecular weight is 413 g/mol. The molecule has 1 aromatic carbocycles. The van der Waals surface area contributed by atoms with Crippen LogP contribution < -0.4 is 0 Å². The Hall–Kier alpha value is -1.91. The highest BCUT2D eigenvalue weighted by atomic mass is 16.4. The van der Waals surface area contributed by atoms with Gasteiger partial charge in [-0.2, -0.15) is 0 Å². The highest BCUT2D eigenvalue weighted by Gasteiger charge is 2.43. The first-order valence-corrected chi connectivity index (χ1v) is 11.4. The predicted molar refractivity (Wildman–Crippen MR) is 119 cm³/mol. The summed E-state index contributed by atoms with van der Waals surface area (Å²) in [5, 5.41) is 30.4. The van der Waals surface area contributed by atoms with Gasteiger partial charge in [0.1, 0.15) is 0 Å². The van der Waals surface area contributed by atoms with Gasteiger partial charge in [-0.3, -0.25) is 0 Å². The van der Waals surface area contributed by atoms with Crippen LogP contribution in [0.3, 0.4) is 0 Å². The van der Waals surface area contributed by atoms with Crippen molar-refractivity contribution in [1.82, 2.24) is 0 Å². The lowest BCUT2D eigenvalue weighted by Crippen LogP contribution is -2.23. The lowest BCUT2D eigenvalue weighted by molar-refractivity contribution is 0.0513. The fraction of sp³-hybridized carbons (Fsp3) is 0.577. The van der Waals surface area contributed by atoms with Crippen molar-refractivity contribution in [3.8, 4) is 0 Å². The molecule has 1 saturated carbocycles. The second-order valence-corrected chi connectivity index (χ2v) is 9.43. The molecule has 2 aliphatic rings. The summed E-state index contributed by atoms with van der Waals surface area (Å²) in [6, 6.07) is 7.23. The molecule has 0 spiro atoms. The third-order valence-electron chi connectivity index (χ3n) is 6.90. The van der Waals surface area contributed by atoms with Crippen LogP contribution in [0.4, 0.5) is 0 Å². The topological polar surface area (TPSA) is 77.8 Å². The van der Waals surface area contributed by atoms with E-state index in [1.54, 1.807) is 12.1 Å². The molecule has 0 bridgehead atoms. The number of carboxylic acid groups (broad SMARTS) is 1. The Labute approximate surface area is 180 Å². The Morgan fingerprint density at radius 3 is 2.77 bits per heavy atom. The van der Waals surface area contributed by atoms with Crippen molar-refractivity contribution < 1.29 is 20.1 Å². The number of unbranched alkanes of at least 4 members (excludes halogenated alkanes) is 1. The second kappa shape index (κ2) is 9.93. The molecule has 0 aliphatic heterocycles. The molecule has 1 fully saturated rings. The number of rotatable bonds is 10. The van der Waals surface area contributed by atoms with E-state index in [4.69, 9.17) is 0 Å². The largest absolute Gasteiger partial charge is 0.478 e. The molecular formula is C26H36O4. The van der Waals surface area contributed by atoms with E-state index in [2.05, 4.69) is 25.2 Å². The van der Waals surface area contributed by atoms with Crippen LogP contribution in [0.25, 0.3) is 0 Å². The maximum Gasteiger partial charge on any atom is 0.335 e. The number of aryl methyl sites for hydroxylation is 1. The molecule has 4 heteroatoms. The van der Waals surface area contributed by atoms with Gasteiger partial charge in [-0.25, -0.2) is 4.79 Å². The maximum absolute atomic E-state index is 11.4. The molecule has 0 saturated heterocycles. The van der Waals surface area contributed by atoms with Crippen molar-refractivity contribution in [3.63, 3.8) is 0 Å². The number of hydrogen-bond donors (Lipinski definition) is 3. The zero-order chi connectivity index (χ0) is 21.7. The molecule has 5 atom stereocenters. The first kappa shape index (κ1) is 22.8. The van der Waals surface area contributed by atoms with E-state index in [1.165, 1.54) is 5.57 Å². The predicted octanol–water partition coefficient (Wildman–Crippen LogP) is 5.15. The number of allylic oxidation sites excluding steroid dienone is 2. The van der Waals surface area contributed by atoms with Gasteiger partial charge >= 0.3 is 5.97 Å². The lowest BCUT2D eigenvalue weighted by atomic mass is 9.87. The molecule has 0 amide bonds. The van der Waals surface area contributed by atoms with E-state index >= 15 is 0 Å². The Morgan fingerprint density at radius 2 is 2.03 bits per heavy atom. The summed E-state index contributed by atoms with van der Waals surface area (Å²) in [6.45, 7) is 4.02.